The lowest BCUT2D eigenvalue weighted by atomic mass is 9.96. The summed E-state index contributed by atoms with van der Waals surface area (Å²) in [6, 6.07) is 8.54. The van der Waals surface area contributed by atoms with Crippen LogP contribution < -0.4 is 15.5 Å². The van der Waals surface area contributed by atoms with Crippen LogP contribution in [0.15, 0.2) is 36.4 Å². The van der Waals surface area contributed by atoms with Gasteiger partial charge in [0.15, 0.2) is 6.61 Å². The molecule has 10 heteroatoms. The second-order valence-corrected chi connectivity index (χ2v) is 8.26. The second kappa shape index (κ2) is 11.4. The molecule has 172 valence electrons. The van der Waals surface area contributed by atoms with Gasteiger partial charge in [0.1, 0.15) is 17.4 Å². The number of hydrazine groups is 1. The van der Waals surface area contributed by atoms with Crippen LogP contribution in [0.2, 0.25) is 10.0 Å². The third kappa shape index (κ3) is 7.05. The van der Waals surface area contributed by atoms with E-state index in [1.807, 2.05) is 0 Å². The van der Waals surface area contributed by atoms with E-state index in [4.69, 9.17) is 27.9 Å². The van der Waals surface area contributed by atoms with Crippen LogP contribution in [-0.4, -0.2) is 43.1 Å². The number of hydrogen-bond acceptors (Lipinski definition) is 4. The van der Waals surface area contributed by atoms with Crippen LogP contribution in [0, 0.1) is 17.6 Å². The molecular formula is C22H23Cl2F2N3O3. The Kier molecular flexibility index (Phi) is 8.67. The maximum absolute atomic E-state index is 13.5. The molecule has 1 saturated heterocycles. The lowest BCUT2D eigenvalue weighted by molar-refractivity contribution is -0.130. The molecule has 6 nitrogen and oxygen atoms in total. The van der Waals surface area contributed by atoms with E-state index in [1.54, 1.807) is 11.1 Å². The number of halogens is 4. The molecule has 2 amide bonds. The zero-order chi connectivity index (χ0) is 23.1. The van der Waals surface area contributed by atoms with Crippen LogP contribution in [0.3, 0.4) is 0 Å². The summed E-state index contributed by atoms with van der Waals surface area (Å²) in [5, 5.41) is 4.66. The Labute approximate surface area is 194 Å². The van der Waals surface area contributed by atoms with E-state index >= 15 is 0 Å². The molecule has 0 unspecified atom stereocenters. The highest BCUT2D eigenvalue weighted by Crippen LogP contribution is 2.20. The summed E-state index contributed by atoms with van der Waals surface area (Å²) >= 11 is 11.3. The van der Waals surface area contributed by atoms with Crippen molar-refractivity contribution < 1.29 is 23.1 Å². The van der Waals surface area contributed by atoms with Crippen LogP contribution in [0.1, 0.15) is 18.4 Å². The van der Waals surface area contributed by atoms with E-state index in [0.29, 0.717) is 38.9 Å². The Hall–Kier alpha value is -2.42. The molecule has 0 saturated carbocycles. The Bertz CT molecular complexity index is 969. The molecule has 2 aromatic rings. The van der Waals surface area contributed by atoms with Crippen molar-refractivity contribution in [2.75, 3.05) is 26.2 Å². The lowest BCUT2D eigenvalue weighted by Gasteiger charge is -2.31. The fourth-order valence-electron chi connectivity index (χ4n) is 3.35. The summed E-state index contributed by atoms with van der Waals surface area (Å²) in [5.41, 5.74) is 3.48. The normalized spacial score (nSPS) is 14.8. The van der Waals surface area contributed by atoms with Gasteiger partial charge in [-0.2, -0.15) is 0 Å². The summed E-state index contributed by atoms with van der Waals surface area (Å²) in [6.07, 6.45) is 1.68. The Morgan fingerprint density at radius 3 is 2.34 bits per heavy atom. The first-order chi connectivity index (χ1) is 15.3. The standard InChI is InChI=1S/C22H23Cl2F2N3O3/c23-17-3-1-14(11-19(17)25)5-8-27-22(31)15-6-9-29(10-7-15)28-21(30)13-32-16-2-4-18(24)20(26)12-16/h1-4,11-12,15H,5-10,13H2,(H,27,31)(H,28,30). The van der Waals surface area contributed by atoms with E-state index < -0.39 is 11.6 Å². The average Bonchev–Trinajstić information content (AvgIpc) is 2.77. The van der Waals surface area contributed by atoms with E-state index in [1.165, 1.54) is 24.3 Å². The number of rotatable bonds is 8. The van der Waals surface area contributed by atoms with Crippen LogP contribution >= 0.6 is 23.2 Å². The quantitative estimate of drug-likeness (QED) is 0.597. The summed E-state index contributed by atoms with van der Waals surface area (Å²) in [4.78, 5) is 24.4. The third-order valence-corrected chi connectivity index (χ3v) is 5.72. The molecule has 32 heavy (non-hydrogen) atoms. The monoisotopic (exact) mass is 485 g/mol. The minimum Gasteiger partial charge on any atom is -0.484 e. The number of carbonyl (C=O) groups is 2. The van der Waals surface area contributed by atoms with Crippen molar-refractivity contribution in [3.8, 4) is 5.75 Å². The van der Waals surface area contributed by atoms with Crippen LogP contribution in [-0.2, 0) is 16.0 Å². The fraction of sp³-hybridized carbons (Fsp3) is 0.364. The molecule has 0 aliphatic carbocycles. The van der Waals surface area contributed by atoms with E-state index in [9.17, 15) is 18.4 Å². The van der Waals surface area contributed by atoms with Gasteiger partial charge in [0, 0.05) is 31.6 Å². The molecule has 0 spiro atoms. The van der Waals surface area contributed by atoms with E-state index in [0.717, 1.165) is 11.6 Å². The first-order valence-electron chi connectivity index (χ1n) is 10.2. The highest BCUT2D eigenvalue weighted by molar-refractivity contribution is 6.31. The topological polar surface area (TPSA) is 70.7 Å². The van der Waals surface area contributed by atoms with Gasteiger partial charge in [-0.25, -0.2) is 13.8 Å². The molecule has 0 aromatic heterocycles. The largest absolute Gasteiger partial charge is 0.484 e. The molecule has 1 aliphatic heterocycles. The predicted octanol–water partition coefficient (Wildman–Crippen LogP) is 3.75. The maximum atomic E-state index is 13.5. The summed E-state index contributed by atoms with van der Waals surface area (Å²) < 4.78 is 32.1. The summed E-state index contributed by atoms with van der Waals surface area (Å²) in [5.74, 6) is -1.48. The Balaban J connectivity index is 1.33. The van der Waals surface area contributed by atoms with Gasteiger partial charge in [0.05, 0.1) is 10.0 Å². The Morgan fingerprint density at radius 1 is 1.03 bits per heavy atom. The van der Waals surface area contributed by atoms with Crippen LogP contribution in [0.25, 0.3) is 0 Å². The number of ether oxygens (including phenoxy) is 1. The number of nitrogens with zero attached hydrogens (tertiary/aromatic N) is 1. The molecule has 0 atom stereocenters. The number of benzene rings is 2. The molecule has 0 bridgehead atoms. The van der Waals surface area contributed by atoms with Crippen molar-refractivity contribution in [3.63, 3.8) is 0 Å². The van der Waals surface area contributed by atoms with Crippen molar-refractivity contribution in [2.24, 2.45) is 5.92 Å². The summed E-state index contributed by atoms with van der Waals surface area (Å²) in [6.45, 7) is 1.16. The third-order valence-electron chi connectivity index (χ3n) is 5.11. The van der Waals surface area contributed by atoms with Gasteiger partial charge >= 0.3 is 0 Å². The number of nitrogens with one attached hydrogen (secondary N) is 2. The maximum Gasteiger partial charge on any atom is 0.272 e. The smallest absolute Gasteiger partial charge is 0.272 e. The van der Waals surface area contributed by atoms with Gasteiger partial charge in [-0.1, -0.05) is 29.3 Å². The molecule has 3 rings (SSSR count). The van der Waals surface area contributed by atoms with Crippen molar-refractivity contribution in [1.82, 2.24) is 15.8 Å². The highest BCUT2D eigenvalue weighted by atomic mass is 35.5. The van der Waals surface area contributed by atoms with E-state index in [2.05, 4.69) is 10.7 Å². The lowest BCUT2D eigenvalue weighted by Crippen LogP contribution is -2.50. The Morgan fingerprint density at radius 2 is 1.69 bits per heavy atom. The number of piperidine rings is 1. The molecular weight excluding hydrogens is 463 g/mol. The SMILES string of the molecule is O=C(COc1ccc(Cl)c(F)c1)NN1CCC(C(=O)NCCc2ccc(Cl)c(F)c2)CC1. The number of amides is 2. The fourth-order valence-corrected chi connectivity index (χ4v) is 3.58. The minimum absolute atomic E-state index is 0.0208. The number of carbonyl (C=O) groups excluding carboxylic acids is 2. The highest BCUT2D eigenvalue weighted by Gasteiger charge is 2.25. The van der Waals surface area contributed by atoms with Gasteiger partial charge in [-0.05, 0) is 49.1 Å². The predicted molar refractivity (Wildman–Crippen MR) is 117 cm³/mol. The zero-order valence-corrected chi connectivity index (χ0v) is 18.7. The zero-order valence-electron chi connectivity index (χ0n) is 17.2. The van der Waals surface area contributed by atoms with Gasteiger partial charge in [0.25, 0.3) is 5.91 Å². The molecule has 1 fully saturated rings. The molecule has 2 aromatic carbocycles. The molecule has 2 N–H and O–H groups in total. The molecule has 1 aliphatic rings. The van der Waals surface area contributed by atoms with Crippen LogP contribution in [0.5, 0.6) is 5.75 Å². The number of hydrogen-bond donors (Lipinski definition) is 2. The van der Waals surface area contributed by atoms with Crippen LogP contribution in [0.4, 0.5) is 8.78 Å². The molecule has 0 radical (unpaired) electrons. The van der Waals surface area contributed by atoms with Crippen molar-refractivity contribution in [3.05, 3.63) is 63.6 Å². The van der Waals surface area contributed by atoms with Crippen molar-refractivity contribution in [2.45, 2.75) is 19.3 Å². The minimum atomic E-state index is -0.620. The average molecular weight is 486 g/mol. The first-order valence-corrected chi connectivity index (χ1v) is 10.9. The molecule has 1 heterocycles. The summed E-state index contributed by atoms with van der Waals surface area (Å²) in [7, 11) is 0. The van der Waals surface area contributed by atoms with Crippen molar-refractivity contribution in [1.29, 1.82) is 0 Å². The van der Waals surface area contributed by atoms with Crippen molar-refractivity contribution >= 4 is 35.0 Å². The van der Waals surface area contributed by atoms with Gasteiger partial charge in [-0.3, -0.25) is 15.0 Å². The van der Waals surface area contributed by atoms with Gasteiger partial charge in [0.2, 0.25) is 5.91 Å². The van der Waals surface area contributed by atoms with Gasteiger partial charge in [-0.15, -0.1) is 0 Å². The second-order valence-electron chi connectivity index (χ2n) is 7.45. The van der Waals surface area contributed by atoms with Gasteiger partial charge < -0.3 is 10.1 Å². The first kappa shape index (κ1) is 24.2. The van der Waals surface area contributed by atoms with E-state index in [-0.39, 0.29) is 40.1 Å².